The van der Waals surface area contributed by atoms with Gasteiger partial charge in [0.1, 0.15) is 0 Å². The summed E-state index contributed by atoms with van der Waals surface area (Å²) in [4.78, 5) is 12.2. The number of rotatable bonds is 5. The van der Waals surface area contributed by atoms with Crippen LogP contribution < -0.4 is 10.6 Å². The second-order valence-corrected chi connectivity index (χ2v) is 6.43. The molecule has 3 rings (SSSR count). The van der Waals surface area contributed by atoms with Gasteiger partial charge < -0.3 is 15.4 Å². The molecular weight excluding hydrogens is 276 g/mol. The van der Waals surface area contributed by atoms with E-state index in [4.69, 9.17) is 4.74 Å². The van der Waals surface area contributed by atoms with E-state index in [9.17, 15) is 4.79 Å². The Labute approximate surface area is 132 Å². The van der Waals surface area contributed by atoms with Gasteiger partial charge in [-0.3, -0.25) is 4.79 Å². The van der Waals surface area contributed by atoms with Gasteiger partial charge >= 0.3 is 0 Å². The number of anilines is 1. The number of hydrogen-bond donors (Lipinski definition) is 2. The third-order valence-corrected chi connectivity index (χ3v) is 4.72. The topological polar surface area (TPSA) is 50.4 Å². The van der Waals surface area contributed by atoms with E-state index in [0.717, 1.165) is 31.6 Å². The van der Waals surface area contributed by atoms with Gasteiger partial charge in [-0.1, -0.05) is 25.0 Å². The molecule has 120 valence electrons. The maximum atomic E-state index is 12.2. The maximum Gasteiger partial charge on any atom is 0.227 e. The molecule has 1 aromatic carbocycles. The van der Waals surface area contributed by atoms with Crippen LogP contribution in [-0.2, 0) is 16.1 Å². The monoisotopic (exact) mass is 302 g/mol. The van der Waals surface area contributed by atoms with Gasteiger partial charge in [0.05, 0.1) is 12.7 Å². The van der Waals surface area contributed by atoms with Crippen LogP contribution in [-0.4, -0.2) is 25.1 Å². The lowest BCUT2D eigenvalue weighted by Crippen LogP contribution is -2.34. The Hall–Kier alpha value is -1.39. The van der Waals surface area contributed by atoms with Crippen LogP contribution in [0.1, 0.15) is 44.1 Å². The van der Waals surface area contributed by atoms with Crippen molar-refractivity contribution in [2.75, 3.05) is 18.4 Å². The molecule has 0 unspecified atom stereocenters. The first kappa shape index (κ1) is 15.5. The van der Waals surface area contributed by atoms with Gasteiger partial charge in [0.25, 0.3) is 0 Å². The van der Waals surface area contributed by atoms with E-state index in [0.29, 0.717) is 12.7 Å². The summed E-state index contributed by atoms with van der Waals surface area (Å²) in [6, 6.07) is 8.05. The molecule has 0 aromatic heterocycles. The Bertz CT molecular complexity index is 474. The van der Waals surface area contributed by atoms with Crippen LogP contribution in [0.2, 0.25) is 0 Å². The predicted molar refractivity (Wildman–Crippen MR) is 87.7 cm³/mol. The molecule has 4 heteroatoms. The quantitative estimate of drug-likeness (QED) is 0.879. The fraction of sp³-hybridized carbons (Fsp3) is 0.611. The van der Waals surface area contributed by atoms with Crippen LogP contribution in [0.15, 0.2) is 24.3 Å². The van der Waals surface area contributed by atoms with Crippen molar-refractivity contribution in [2.24, 2.45) is 5.92 Å². The Morgan fingerprint density at radius 2 is 1.77 bits per heavy atom. The van der Waals surface area contributed by atoms with Crippen LogP contribution in [0, 0.1) is 5.92 Å². The highest BCUT2D eigenvalue weighted by molar-refractivity contribution is 5.92. The van der Waals surface area contributed by atoms with Crippen LogP contribution in [0.4, 0.5) is 5.69 Å². The average molecular weight is 302 g/mol. The molecule has 0 radical (unpaired) electrons. The van der Waals surface area contributed by atoms with E-state index in [1.807, 2.05) is 24.3 Å². The van der Waals surface area contributed by atoms with Crippen LogP contribution in [0.3, 0.4) is 0 Å². The van der Waals surface area contributed by atoms with Gasteiger partial charge in [0.2, 0.25) is 5.91 Å². The number of carbonyl (C=O) groups excluding carboxylic acids is 1. The van der Waals surface area contributed by atoms with Crippen molar-refractivity contribution >= 4 is 11.6 Å². The summed E-state index contributed by atoms with van der Waals surface area (Å²) in [6.07, 6.45) is 7.30. The van der Waals surface area contributed by atoms with Crippen LogP contribution in [0.5, 0.6) is 0 Å². The molecule has 2 aliphatic rings. The lowest BCUT2D eigenvalue weighted by Gasteiger charge is -2.21. The highest BCUT2D eigenvalue weighted by Gasteiger charge is 2.20. The van der Waals surface area contributed by atoms with Crippen molar-refractivity contribution in [1.29, 1.82) is 0 Å². The van der Waals surface area contributed by atoms with Gasteiger partial charge in [0, 0.05) is 11.6 Å². The first-order valence-electron chi connectivity index (χ1n) is 8.53. The number of nitrogens with one attached hydrogen (secondary N) is 2. The molecule has 1 aromatic rings. The molecule has 0 atom stereocenters. The van der Waals surface area contributed by atoms with Gasteiger partial charge in [-0.05, 0) is 56.5 Å². The summed E-state index contributed by atoms with van der Waals surface area (Å²) in [5.74, 6) is 0.295. The number of ether oxygens (including phenoxy) is 1. The average Bonchev–Trinajstić information content (AvgIpc) is 3.08. The summed E-state index contributed by atoms with van der Waals surface area (Å²) in [7, 11) is 0. The molecule has 1 heterocycles. The molecule has 2 fully saturated rings. The zero-order valence-electron chi connectivity index (χ0n) is 13.1. The second kappa shape index (κ2) is 7.75. The third-order valence-electron chi connectivity index (χ3n) is 4.72. The van der Waals surface area contributed by atoms with E-state index in [-0.39, 0.29) is 11.8 Å². The fourth-order valence-electron chi connectivity index (χ4n) is 3.28. The van der Waals surface area contributed by atoms with E-state index < -0.39 is 0 Å². The largest absolute Gasteiger partial charge is 0.374 e. The first-order valence-corrected chi connectivity index (χ1v) is 8.53. The Kier molecular flexibility index (Phi) is 5.46. The minimum absolute atomic E-state index is 0.145. The highest BCUT2D eigenvalue weighted by Crippen LogP contribution is 2.22. The van der Waals surface area contributed by atoms with Crippen molar-refractivity contribution in [3.05, 3.63) is 29.8 Å². The molecule has 2 N–H and O–H groups in total. The molecular formula is C18H26N2O2. The summed E-state index contributed by atoms with van der Waals surface area (Å²) >= 11 is 0. The van der Waals surface area contributed by atoms with Gasteiger partial charge in [0.15, 0.2) is 0 Å². The fourth-order valence-corrected chi connectivity index (χ4v) is 3.28. The Balaban J connectivity index is 1.47. The molecule has 0 bridgehead atoms. The van der Waals surface area contributed by atoms with Gasteiger partial charge in [-0.25, -0.2) is 0 Å². The van der Waals surface area contributed by atoms with Gasteiger partial charge in [-0.2, -0.15) is 0 Å². The standard InChI is InChI=1S/C18H26N2O2/c21-18(15-9-11-19-12-10-15)20-16-7-5-14(6-8-16)13-22-17-3-1-2-4-17/h5-8,15,17,19H,1-4,9-13H2,(H,20,21). The molecule has 1 saturated carbocycles. The molecule has 1 aliphatic carbocycles. The second-order valence-electron chi connectivity index (χ2n) is 6.43. The van der Waals surface area contributed by atoms with Crippen LogP contribution in [0.25, 0.3) is 0 Å². The van der Waals surface area contributed by atoms with E-state index in [1.165, 1.54) is 31.2 Å². The minimum Gasteiger partial charge on any atom is -0.374 e. The van der Waals surface area contributed by atoms with Crippen molar-refractivity contribution < 1.29 is 9.53 Å². The first-order chi connectivity index (χ1) is 10.8. The maximum absolute atomic E-state index is 12.2. The summed E-state index contributed by atoms with van der Waals surface area (Å²) in [5.41, 5.74) is 2.06. The van der Waals surface area contributed by atoms with E-state index in [1.54, 1.807) is 0 Å². The van der Waals surface area contributed by atoms with Crippen molar-refractivity contribution in [3.63, 3.8) is 0 Å². The van der Waals surface area contributed by atoms with Crippen molar-refractivity contribution in [1.82, 2.24) is 5.32 Å². The Morgan fingerprint density at radius 3 is 2.45 bits per heavy atom. The molecule has 4 nitrogen and oxygen atoms in total. The number of amides is 1. The lowest BCUT2D eigenvalue weighted by atomic mass is 9.97. The zero-order valence-corrected chi connectivity index (χ0v) is 13.1. The number of carbonyl (C=O) groups is 1. The smallest absolute Gasteiger partial charge is 0.227 e. The third kappa shape index (κ3) is 4.31. The number of piperidine rings is 1. The Morgan fingerprint density at radius 1 is 1.09 bits per heavy atom. The summed E-state index contributed by atoms with van der Waals surface area (Å²) < 4.78 is 5.91. The normalized spacial score (nSPS) is 20.2. The molecule has 22 heavy (non-hydrogen) atoms. The predicted octanol–water partition coefficient (Wildman–Crippen LogP) is 3.08. The minimum atomic E-state index is 0.145. The number of benzene rings is 1. The van der Waals surface area contributed by atoms with Crippen LogP contribution >= 0.6 is 0 Å². The molecule has 1 amide bonds. The van der Waals surface area contributed by atoms with Crippen molar-refractivity contribution in [2.45, 2.75) is 51.2 Å². The molecule has 1 saturated heterocycles. The SMILES string of the molecule is O=C(Nc1ccc(COC2CCCC2)cc1)C1CCNCC1. The lowest BCUT2D eigenvalue weighted by molar-refractivity contribution is -0.120. The van der Waals surface area contributed by atoms with E-state index >= 15 is 0 Å². The highest BCUT2D eigenvalue weighted by atomic mass is 16.5. The molecule has 0 spiro atoms. The zero-order chi connectivity index (χ0) is 15.2. The number of hydrogen-bond acceptors (Lipinski definition) is 3. The van der Waals surface area contributed by atoms with Crippen molar-refractivity contribution in [3.8, 4) is 0 Å². The van der Waals surface area contributed by atoms with Gasteiger partial charge in [-0.15, -0.1) is 0 Å². The summed E-state index contributed by atoms with van der Waals surface area (Å²) in [5, 5.41) is 6.31. The van der Waals surface area contributed by atoms with E-state index in [2.05, 4.69) is 10.6 Å². The molecule has 1 aliphatic heterocycles. The summed E-state index contributed by atoms with van der Waals surface area (Å²) in [6.45, 7) is 2.55.